The lowest BCUT2D eigenvalue weighted by Gasteiger charge is -2.27. The lowest BCUT2D eigenvalue weighted by Crippen LogP contribution is -2.39. The van der Waals surface area contributed by atoms with Gasteiger partial charge in [-0.1, -0.05) is 60.7 Å². The molecular formula is C23H28N2O3. The third-order valence-corrected chi connectivity index (χ3v) is 5.19. The van der Waals surface area contributed by atoms with E-state index in [-0.39, 0.29) is 17.7 Å². The van der Waals surface area contributed by atoms with E-state index in [0.29, 0.717) is 39.2 Å². The van der Waals surface area contributed by atoms with Crippen molar-refractivity contribution in [1.29, 1.82) is 0 Å². The van der Waals surface area contributed by atoms with Gasteiger partial charge in [0, 0.05) is 33.3 Å². The van der Waals surface area contributed by atoms with Gasteiger partial charge >= 0.3 is 0 Å². The highest BCUT2D eigenvalue weighted by atomic mass is 16.5. The zero-order valence-corrected chi connectivity index (χ0v) is 16.4. The van der Waals surface area contributed by atoms with Crippen LogP contribution in [0, 0.1) is 0 Å². The first kappa shape index (κ1) is 20.1. The van der Waals surface area contributed by atoms with Crippen LogP contribution < -0.4 is 0 Å². The standard InChI is InChI=1S/C23H28N2O3/c1-28-18-13-21(26)24-14-8-15-25(17-16-24)23(27)22(19-9-4-2-5-10-19)20-11-6-3-7-12-20/h2-7,9-12,22H,8,13-18H2,1H3. The van der Waals surface area contributed by atoms with Gasteiger partial charge in [0.2, 0.25) is 11.8 Å². The van der Waals surface area contributed by atoms with Gasteiger partial charge in [0.1, 0.15) is 0 Å². The molecule has 0 atom stereocenters. The van der Waals surface area contributed by atoms with Gasteiger partial charge in [-0.3, -0.25) is 9.59 Å². The molecule has 1 fully saturated rings. The summed E-state index contributed by atoms with van der Waals surface area (Å²) in [5.41, 5.74) is 1.99. The largest absolute Gasteiger partial charge is 0.384 e. The smallest absolute Gasteiger partial charge is 0.234 e. The normalized spacial score (nSPS) is 14.8. The van der Waals surface area contributed by atoms with Crippen molar-refractivity contribution in [3.63, 3.8) is 0 Å². The van der Waals surface area contributed by atoms with Gasteiger partial charge in [0.25, 0.3) is 0 Å². The van der Waals surface area contributed by atoms with Crippen molar-refractivity contribution >= 4 is 11.8 Å². The van der Waals surface area contributed by atoms with Gasteiger partial charge in [-0.2, -0.15) is 0 Å². The van der Waals surface area contributed by atoms with E-state index in [2.05, 4.69) is 0 Å². The molecule has 2 amide bonds. The number of carbonyl (C=O) groups is 2. The minimum Gasteiger partial charge on any atom is -0.384 e. The van der Waals surface area contributed by atoms with Gasteiger partial charge in [0.15, 0.2) is 0 Å². The van der Waals surface area contributed by atoms with Crippen molar-refractivity contribution in [2.45, 2.75) is 18.8 Å². The summed E-state index contributed by atoms with van der Waals surface area (Å²) in [6, 6.07) is 19.8. The van der Waals surface area contributed by atoms with Gasteiger partial charge in [-0.25, -0.2) is 0 Å². The summed E-state index contributed by atoms with van der Waals surface area (Å²) < 4.78 is 5.01. The molecule has 0 unspecified atom stereocenters. The molecule has 0 aliphatic carbocycles. The molecule has 2 aromatic carbocycles. The fourth-order valence-electron chi connectivity index (χ4n) is 3.69. The van der Waals surface area contributed by atoms with Crippen LogP contribution in [0.1, 0.15) is 29.9 Å². The van der Waals surface area contributed by atoms with E-state index in [4.69, 9.17) is 4.74 Å². The Morgan fingerprint density at radius 2 is 1.39 bits per heavy atom. The number of hydrogen-bond acceptors (Lipinski definition) is 3. The third-order valence-electron chi connectivity index (χ3n) is 5.19. The zero-order valence-electron chi connectivity index (χ0n) is 16.4. The Bertz CT molecular complexity index is 724. The van der Waals surface area contributed by atoms with E-state index in [1.54, 1.807) is 7.11 Å². The molecule has 28 heavy (non-hydrogen) atoms. The molecule has 0 bridgehead atoms. The molecule has 0 spiro atoms. The van der Waals surface area contributed by atoms with Crippen molar-refractivity contribution < 1.29 is 14.3 Å². The maximum Gasteiger partial charge on any atom is 0.234 e. The SMILES string of the molecule is COCCC(=O)N1CCCN(C(=O)C(c2ccccc2)c2ccccc2)CC1. The molecule has 5 heteroatoms. The van der Waals surface area contributed by atoms with Crippen LogP contribution in [0.15, 0.2) is 60.7 Å². The molecule has 0 aromatic heterocycles. The summed E-state index contributed by atoms with van der Waals surface area (Å²) >= 11 is 0. The van der Waals surface area contributed by atoms with Crippen LogP contribution in [-0.2, 0) is 14.3 Å². The molecule has 0 radical (unpaired) electrons. The fraction of sp³-hybridized carbons (Fsp3) is 0.391. The molecule has 3 rings (SSSR count). The number of ether oxygens (including phenoxy) is 1. The molecule has 0 saturated carbocycles. The van der Waals surface area contributed by atoms with Gasteiger partial charge < -0.3 is 14.5 Å². The maximum absolute atomic E-state index is 13.5. The zero-order chi connectivity index (χ0) is 19.8. The highest BCUT2D eigenvalue weighted by molar-refractivity contribution is 5.87. The van der Waals surface area contributed by atoms with Gasteiger partial charge in [-0.15, -0.1) is 0 Å². The number of methoxy groups -OCH3 is 1. The Labute approximate surface area is 166 Å². The van der Waals surface area contributed by atoms with Crippen molar-refractivity contribution in [2.24, 2.45) is 0 Å². The average Bonchev–Trinajstić information content (AvgIpc) is 3.00. The van der Waals surface area contributed by atoms with Crippen molar-refractivity contribution in [1.82, 2.24) is 9.80 Å². The van der Waals surface area contributed by atoms with Crippen LogP contribution in [0.25, 0.3) is 0 Å². The topological polar surface area (TPSA) is 49.9 Å². The van der Waals surface area contributed by atoms with E-state index >= 15 is 0 Å². The van der Waals surface area contributed by atoms with Crippen molar-refractivity contribution in [3.8, 4) is 0 Å². The van der Waals surface area contributed by atoms with Crippen LogP contribution in [0.3, 0.4) is 0 Å². The Kier molecular flexibility index (Phi) is 7.20. The summed E-state index contributed by atoms with van der Waals surface area (Å²) in [6.45, 7) is 2.93. The number of carbonyl (C=O) groups excluding carboxylic acids is 2. The monoisotopic (exact) mass is 380 g/mol. The number of amides is 2. The lowest BCUT2D eigenvalue weighted by molar-refractivity contribution is -0.134. The lowest BCUT2D eigenvalue weighted by atomic mass is 9.90. The van der Waals surface area contributed by atoms with Crippen LogP contribution in [0.2, 0.25) is 0 Å². The van der Waals surface area contributed by atoms with Gasteiger partial charge in [-0.05, 0) is 17.5 Å². The van der Waals surface area contributed by atoms with Crippen LogP contribution >= 0.6 is 0 Å². The fourth-order valence-corrected chi connectivity index (χ4v) is 3.69. The molecule has 2 aromatic rings. The predicted molar refractivity (Wildman–Crippen MR) is 109 cm³/mol. The Hall–Kier alpha value is -2.66. The van der Waals surface area contributed by atoms with E-state index in [1.165, 1.54) is 0 Å². The maximum atomic E-state index is 13.5. The van der Waals surface area contributed by atoms with E-state index < -0.39 is 0 Å². The summed E-state index contributed by atoms with van der Waals surface area (Å²) in [5.74, 6) is -0.124. The van der Waals surface area contributed by atoms with Crippen LogP contribution in [0.4, 0.5) is 0 Å². The molecule has 1 heterocycles. The van der Waals surface area contributed by atoms with E-state index in [0.717, 1.165) is 17.5 Å². The minimum atomic E-state index is -0.321. The van der Waals surface area contributed by atoms with Crippen LogP contribution in [-0.4, -0.2) is 61.5 Å². The summed E-state index contributed by atoms with van der Waals surface area (Å²) in [5, 5.41) is 0. The minimum absolute atomic E-state index is 0.0961. The number of rotatable bonds is 6. The predicted octanol–water partition coefficient (Wildman–Crippen LogP) is 2.92. The highest BCUT2D eigenvalue weighted by Gasteiger charge is 2.29. The number of benzene rings is 2. The molecular weight excluding hydrogens is 352 g/mol. The second-order valence-electron chi connectivity index (χ2n) is 7.06. The van der Waals surface area contributed by atoms with Gasteiger partial charge in [0.05, 0.1) is 18.9 Å². The summed E-state index contributed by atoms with van der Waals surface area (Å²) in [6.07, 6.45) is 1.18. The van der Waals surface area contributed by atoms with E-state index in [1.807, 2.05) is 70.5 Å². The molecule has 1 aliphatic heterocycles. The number of nitrogens with zero attached hydrogens (tertiary/aromatic N) is 2. The Morgan fingerprint density at radius 3 is 1.96 bits per heavy atom. The molecule has 5 nitrogen and oxygen atoms in total. The quantitative estimate of drug-likeness (QED) is 0.774. The highest BCUT2D eigenvalue weighted by Crippen LogP contribution is 2.27. The first-order valence-electron chi connectivity index (χ1n) is 9.86. The molecule has 1 aliphatic rings. The summed E-state index contributed by atoms with van der Waals surface area (Å²) in [4.78, 5) is 29.6. The molecule has 0 N–H and O–H groups in total. The van der Waals surface area contributed by atoms with Crippen LogP contribution in [0.5, 0.6) is 0 Å². The Balaban J connectivity index is 1.75. The van der Waals surface area contributed by atoms with Crippen molar-refractivity contribution in [3.05, 3.63) is 71.8 Å². The second-order valence-corrected chi connectivity index (χ2v) is 7.06. The Morgan fingerprint density at radius 1 is 0.857 bits per heavy atom. The van der Waals surface area contributed by atoms with Crippen molar-refractivity contribution in [2.75, 3.05) is 39.9 Å². The second kappa shape index (κ2) is 10.0. The molecule has 148 valence electrons. The van der Waals surface area contributed by atoms with E-state index in [9.17, 15) is 9.59 Å². The average molecular weight is 380 g/mol. The summed E-state index contributed by atoms with van der Waals surface area (Å²) in [7, 11) is 1.60. The first-order chi connectivity index (χ1) is 13.7. The molecule has 1 saturated heterocycles. The first-order valence-corrected chi connectivity index (χ1v) is 9.86. The third kappa shape index (κ3) is 4.98. The number of hydrogen-bond donors (Lipinski definition) is 0.